The maximum Gasteiger partial charge on any atom is 0.240 e. The Morgan fingerprint density at radius 2 is 1.67 bits per heavy atom. The van der Waals surface area contributed by atoms with Crippen molar-refractivity contribution in [3.8, 4) is 0 Å². The van der Waals surface area contributed by atoms with Crippen LogP contribution >= 0.6 is 0 Å². The van der Waals surface area contributed by atoms with Gasteiger partial charge >= 0.3 is 0 Å². The lowest BCUT2D eigenvalue weighted by molar-refractivity contribution is -0.923. The van der Waals surface area contributed by atoms with Crippen LogP contribution in [0.5, 0.6) is 0 Å². The summed E-state index contributed by atoms with van der Waals surface area (Å²) in [5, 5.41) is 1.16. The molecule has 0 bridgehead atoms. The number of H-pyrrole nitrogens is 1. The third kappa shape index (κ3) is 5.86. The van der Waals surface area contributed by atoms with Crippen LogP contribution in [0.3, 0.4) is 0 Å². The van der Waals surface area contributed by atoms with Crippen molar-refractivity contribution in [1.29, 1.82) is 0 Å². The van der Waals surface area contributed by atoms with Crippen LogP contribution in [0.15, 0.2) is 53.6 Å². The van der Waals surface area contributed by atoms with Gasteiger partial charge in [-0.2, -0.15) is 0 Å². The number of quaternary nitrogens is 1. The molecule has 0 aliphatic rings. The Morgan fingerprint density at radius 1 is 1.00 bits per heavy atom. The second-order valence-electron chi connectivity index (χ2n) is 9.23. The predicted molar refractivity (Wildman–Crippen MR) is 138 cm³/mol. The molecule has 1 aromatic heterocycles. The molecular weight excluding hydrogens is 430 g/mol. The van der Waals surface area contributed by atoms with E-state index < -0.39 is 10.0 Å². The average Bonchev–Trinajstić information content (AvgIpc) is 3.24. The number of fused-ring (bicyclic) bond motifs is 1. The zero-order chi connectivity index (χ0) is 24.1. The van der Waals surface area contributed by atoms with E-state index in [2.05, 4.69) is 56.5 Å². The molecule has 33 heavy (non-hydrogen) atoms. The standard InChI is InChI=1S/C27H40N3O2S/c1-6-30(7-2,8-3)19-17-21(4)23-12-14-25(15-13-23)33(31,32)29-18-16-24-20-28-27-22(5)10-9-11-26(24)27/h9-15,20-21,28-29H,6-8,16-19H2,1-5H3/q+1. The highest BCUT2D eigenvalue weighted by Crippen LogP contribution is 2.24. The Balaban J connectivity index is 1.59. The van der Waals surface area contributed by atoms with E-state index in [9.17, 15) is 8.42 Å². The molecule has 0 saturated heterocycles. The molecule has 1 heterocycles. The molecule has 1 atom stereocenters. The van der Waals surface area contributed by atoms with Crippen LogP contribution in [0.4, 0.5) is 0 Å². The van der Waals surface area contributed by atoms with E-state index in [1.54, 1.807) is 12.1 Å². The van der Waals surface area contributed by atoms with Crippen molar-refractivity contribution in [2.75, 3.05) is 32.7 Å². The van der Waals surface area contributed by atoms with Gasteiger partial charge in [0.2, 0.25) is 10.0 Å². The summed E-state index contributed by atoms with van der Waals surface area (Å²) in [6.07, 6.45) is 3.72. The minimum atomic E-state index is -3.53. The van der Waals surface area contributed by atoms with E-state index in [1.807, 2.05) is 24.4 Å². The van der Waals surface area contributed by atoms with Crippen molar-refractivity contribution in [1.82, 2.24) is 9.71 Å². The fourth-order valence-electron chi connectivity index (χ4n) is 4.73. The number of aromatic nitrogens is 1. The number of hydrogen-bond donors (Lipinski definition) is 2. The average molecular weight is 471 g/mol. The number of rotatable bonds is 12. The Bertz CT molecular complexity index is 1140. The highest BCUT2D eigenvalue weighted by Gasteiger charge is 2.22. The van der Waals surface area contributed by atoms with Crippen molar-refractivity contribution in [3.63, 3.8) is 0 Å². The molecule has 0 aliphatic heterocycles. The molecule has 0 saturated carbocycles. The first-order valence-corrected chi connectivity index (χ1v) is 13.7. The molecule has 180 valence electrons. The summed E-state index contributed by atoms with van der Waals surface area (Å²) < 4.78 is 29.5. The van der Waals surface area contributed by atoms with Crippen LogP contribution in [0, 0.1) is 6.92 Å². The third-order valence-corrected chi connectivity index (χ3v) is 8.98. The summed E-state index contributed by atoms with van der Waals surface area (Å²) in [6, 6.07) is 13.6. The van der Waals surface area contributed by atoms with Crippen LogP contribution in [-0.2, 0) is 16.4 Å². The monoisotopic (exact) mass is 470 g/mol. The van der Waals surface area contributed by atoms with Crippen molar-refractivity contribution in [2.24, 2.45) is 0 Å². The van der Waals surface area contributed by atoms with Crippen molar-refractivity contribution in [3.05, 3.63) is 65.4 Å². The number of para-hydroxylation sites is 1. The summed E-state index contributed by atoms with van der Waals surface area (Å²) in [5.74, 6) is 0.405. The summed E-state index contributed by atoms with van der Waals surface area (Å²) >= 11 is 0. The summed E-state index contributed by atoms with van der Waals surface area (Å²) in [7, 11) is -3.53. The van der Waals surface area contributed by atoms with Gasteiger partial charge in [0.15, 0.2) is 0 Å². The smallest absolute Gasteiger partial charge is 0.240 e. The Kier molecular flexibility index (Phi) is 8.38. The van der Waals surface area contributed by atoms with Gasteiger partial charge in [0.05, 0.1) is 31.1 Å². The van der Waals surface area contributed by atoms with Gasteiger partial charge < -0.3 is 9.47 Å². The molecule has 3 rings (SSSR count). The van der Waals surface area contributed by atoms with Gasteiger partial charge in [-0.15, -0.1) is 0 Å². The Morgan fingerprint density at radius 3 is 2.30 bits per heavy atom. The van der Waals surface area contributed by atoms with E-state index in [4.69, 9.17) is 0 Å². The van der Waals surface area contributed by atoms with E-state index in [-0.39, 0.29) is 0 Å². The molecule has 0 amide bonds. The van der Waals surface area contributed by atoms with Crippen molar-refractivity contribution in [2.45, 2.75) is 58.3 Å². The fraction of sp³-hybridized carbons (Fsp3) is 0.481. The topological polar surface area (TPSA) is 62.0 Å². The van der Waals surface area contributed by atoms with Crippen LogP contribution < -0.4 is 4.72 Å². The normalized spacial score (nSPS) is 13.5. The lowest BCUT2D eigenvalue weighted by Crippen LogP contribution is -2.48. The predicted octanol–water partition coefficient (Wildman–Crippen LogP) is 5.37. The number of aromatic amines is 1. The van der Waals surface area contributed by atoms with Crippen LogP contribution in [-0.4, -0.2) is 50.6 Å². The summed E-state index contributed by atoms with van der Waals surface area (Å²) in [4.78, 5) is 3.63. The molecule has 2 N–H and O–H groups in total. The number of benzene rings is 2. The number of sulfonamides is 1. The fourth-order valence-corrected chi connectivity index (χ4v) is 5.76. The lowest BCUT2D eigenvalue weighted by atomic mass is 9.97. The SMILES string of the molecule is CC[N+](CC)(CC)CCC(C)c1ccc(S(=O)(=O)NCCc2c[nH]c3c(C)cccc23)cc1. The van der Waals surface area contributed by atoms with E-state index >= 15 is 0 Å². The second kappa shape index (κ2) is 10.9. The zero-order valence-corrected chi connectivity index (χ0v) is 21.6. The van der Waals surface area contributed by atoms with Gasteiger partial charge in [-0.3, -0.25) is 0 Å². The Hall–Kier alpha value is -2.15. The summed E-state index contributed by atoms with van der Waals surface area (Å²) in [6.45, 7) is 16.1. The van der Waals surface area contributed by atoms with Gasteiger partial charge in [0.1, 0.15) is 0 Å². The largest absolute Gasteiger partial charge is 0.361 e. The second-order valence-corrected chi connectivity index (χ2v) is 11.0. The number of aryl methyl sites for hydroxylation is 1. The molecule has 6 heteroatoms. The number of nitrogens with one attached hydrogen (secondary N) is 2. The van der Waals surface area contributed by atoms with Crippen LogP contribution in [0.1, 0.15) is 56.7 Å². The highest BCUT2D eigenvalue weighted by atomic mass is 32.2. The van der Waals surface area contributed by atoms with Gasteiger partial charge in [0.25, 0.3) is 0 Å². The Labute approximate surface area is 199 Å². The zero-order valence-electron chi connectivity index (χ0n) is 20.8. The van der Waals surface area contributed by atoms with Crippen LogP contribution in [0.25, 0.3) is 10.9 Å². The van der Waals surface area contributed by atoms with E-state index in [0.29, 0.717) is 23.8 Å². The first kappa shape index (κ1) is 25.5. The number of nitrogens with zero attached hydrogens (tertiary/aromatic N) is 1. The molecule has 1 unspecified atom stereocenters. The van der Waals surface area contributed by atoms with Crippen molar-refractivity contribution < 1.29 is 12.9 Å². The minimum absolute atomic E-state index is 0.328. The molecule has 0 aliphatic carbocycles. The first-order valence-electron chi connectivity index (χ1n) is 12.3. The highest BCUT2D eigenvalue weighted by molar-refractivity contribution is 7.89. The van der Waals surface area contributed by atoms with E-state index in [0.717, 1.165) is 53.5 Å². The molecule has 0 fully saturated rings. The van der Waals surface area contributed by atoms with Gasteiger partial charge in [-0.1, -0.05) is 37.3 Å². The molecule has 3 aromatic rings. The molecule has 0 radical (unpaired) electrons. The number of hydrogen-bond acceptors (Lipinski definition) is 2. The summed E-state index contributed by atoms with van der Waals surface area (Å²) in [5.41, 5.74) is 4.64. The quantitative estimate of drug-likeness (QED) is 0.350. The molecule has 5 nitrogen and oxygen atoms in total. The van der Waals surface area contributed by atoms with Crippen LogP contribution in [0.2, 0.25) is 0 Å². The van der Waals surface area contributed by atoms with Gasteiger partial charge in [-0.05, 0) is 68.9 Å². The van der Waals surface area contributed by atoms with Gasteiger partial charge in [0, 0.05) is 30.1 Å². The van der Waals surface area contributed by atoms with Gasteiger partial charge in [-0.25, -0.2) is 13.1 Å². The molecule has 0 spiro atoms. The maximum atomic E-state index is 12.8. The third-order valence-electron chi connectivity index (χ3n) is 7.50. The minimum Gasteiger partial charge on any atom is -0.361 e. The molecule has 2 aromatic carbocycles. The molecular formula is C27H40N3O2S+. The van der Waals surface area contributed by atoms with E-state index in [1.165, 1.54) is 11.1 Å². The first-order chi connectivity index (χ1) is 15.7. The lowest BCUT2D eigenvalue weighted by Gasteiger charge is -2.36. The van der Waals surface area contributed by atoms with Crippen molar-refractivity contribution >= 4 is 20.9 Å². The maximum absolute atomic E-state index is 12.8.